The summed E-state index contributed by atoms with van der Waals surface area (Å²) in [4.78, 5) is 12.7. The van der Waals surface area contributed by atoms with Crippen LogP contribution in [0.25, 0.3) is 0 Å². The lowest BCUT2D eigenvalue weighted by Gasteiger charge is -2.30. The van der Waals surface area contributed by atoms with Gasteiger partial charge in [-0.1, -0.05) is 30.7 Å². The highest BCUT2D eigenvalue weighted by molar-refractivity contribution is 7.92. The average Bonchev–Trinajstić information content (AvgIpc) is 2.67. The van der Waals surface area contributed by atoms with E-state index in [0.29, 0.717) is 13.0 Å². The van der Waals surface area contributed by atoms with Gasteiger partial charge in [0.1, 0.15) is 17.6 Å². The molecule has 158 valence electrons. The molecule has 0 aliphatic carbocycles. The molecule has 0 aliphatic heterocycles. The molecule has 2 rings (SSSR count). The first-order valence-electron chi connectivity index (χ1n) is 9.02. The minimum atomic E-state index is -3.81. The molecule has 1 amide bonds. The number of sulfonamides is 1. The van der Waals surface area contributed by atoms with Gasteiger partial charge < -0.3 is 10.1 Å². The smallest absolute Gasteiger partial charge is 0.243 e. The highest BCUT2D eigenvalue weighted by Gasteiger charge is 2.31. The third-order valence-corrected chi connectivity index (χ3v) is 5.83. The van der Waals surface area contributed by atoms with Crippen molar-refractivity contribution in [3.63, 3.8) is 0 Å². The number of benzene rings is 2. The standard InChI is InChI=1S/C20H24ClFN2O4S/c1-4-19(20(25)23-12-11-14-5-8-16(28-2)9-6-14)24(29(3,26)27)15-7-10-18(22)17(21)13-15/h5-10,13,19H,4,11-12H2,1-3H3,(H,23,25)/t19-/m0/s1. The molecule has 0 saturated carbocycles. The Morgan fingerprint density at radius 1 is 1.24 bits per heavy atom. The number of halogens is 2. The van der Waals surface area contributed by atoms with E-state index in [9.17, 15) is 17.6 Å². The Morgan fingerprint density at radius 3 is 2.41 bits per heavy atom. The SMILES string of the molecule is CC[C@@H](C(=O)NCCc1ccc(OC)cc1)N(c1ccc(F)c(Cl)c1)S(C)(=O)=O. The third kappa shape index (κ3) is 6.08. The van der Waals surface area contributed by atoms with Crippen molar-refractivity contribution in [3.8, 4) is 5.75 Å². The van der Waals surface area contributed by atoms with Crippen molar-refractivity contribution >= 4 is 33.2 Å². The highest BCUT2D eigenvalue weighted by Crippen LogP contribution is 2.27. The van der Waals surface area contributed by atoms with Crippen LogP contribution in [0.3, 0.4) is 0 Å². The van der Waals surface area contributed by atoms with Crippen molar-refractivity contribution in [2.24, 2.45) is 0 Å². The number of nitrogens with one attached hydrogen (secondary N) is 1. The maximum atomic E-state index is 13.5. The van der Waals surface area contributed by atoms with E-state index in [0.717, 1.165) is 27.9 Å². The first-order chi connectivity index (χ1) is 13.7. The van der Waals surface area contributed by atoms with E-state index in [4.69, 9.17) is 16.3 Å². The number of hydrogen-bond acceptors (Lipinski definition) is 4. The lowest BCUT2D eigenvalue weighted by atomic mass is 10.1. The molecule has 0 radical (unpaired) electrons. The quantitative estimate of drug-likeness (QED) is 0.645. The monoisotopic (exact) mass is 442 g/mol. The molecule has 0 spiro atoms. The lowest BCUT2D eigenvalue weighted by Crippen LogP contribution is -2.49. The number of hydrogen-bond donors (Lipinski definition) is 1. The number of nitrogens with zero attached hydrogens (tertiary/aromatic N) is 1. The van der Waals surface area contributed by atoms with Crippen molar-refractivity contribution in [2.75, 3.05) is 24.2 Å². The van der Waals surface area contributed by atoms with Crippen molar-refractivity contribution < 1.29 is 22.3 Å². The van der Waals surface area contributed by atoms with Crippen LogP contribution in [0, 0.1) is 5.82 Å². The summed E-state index contributed by atoms with van der Waals surface area (Å²) in [5, 5.41) is 2.56. The van der Waals surface area contributed by atoms with Crippen LogP contribution in [0.5, 0.6) is 5.75 Å². The Balaban J connectivity index is 2.14. The largest absolute Gasteiger partial charge is 0.497 e. The van der Waals surface area contributed by atoms with E-state index in [2.05, 4.69) is 5.32 Å². The fraction of sp³-hybridized carbons (Fsp3) is 0.350. The van der Waals surface area contributed by atoms with Crippen LogP contribution in [0.1, 0.15) is 18.9 Å². The van der Waals surface area contributed by atoms with Crippen LogP contribution in [-0.2, 0) is 21.2 Å². The number of ether oxygens (including phenoxy) is 1. The molecule has 9 heteroatoms. The maximum absolute atomic E-state index is 13.5. The van der Waals surface area contributed by atoms with E-state index in [1.54, 1.807) is 14.0 Å². The number of amides is 1. The van der Waals surface area contributed by atoms with Crippen molar-refractivity contribution in [1.82, 2.24) is 5.32 Å². The Hall–Kier alpha value is -2.32. The summed E-state index contributed by atoms with van der Waals surface area (Å²) in [5.74, 6) is -0.363. The molecule has 1 N–H and O–H groups in total. The van der Waals surface area contributed by atoms with E-state index in [-0.39, 0.29) is 17.1 Å². The zero-order valence-corrected chi connectivity index (χ0v) is 18.1. The summed E-state index contributed by atoms with van der Waals surface area (Å²) in [6, 6.07) is 10.0. The summed E-state index contributed by atoms with van der Waals surface area (Å²) in [6.07, 6.45) is 1.81. The van der Waals surface area contributed by atoms with Crippen molar-refractivity contribution in [3.05, 3.63) is 58.9 Å². The van der Waals surface area contributed by atoms with Gasteiger partial charge in [-0.25, -0.2) is 12.8 Å². The van der Waals surface area contributed by atoms with E-state index in [1.807, 2.05) is 24.3 Å². The fourth-order valence-electron chi connectivity index (χ4n) is 2.92. The third-order valence-electron chi connectivity index (χ3n) is 4.36. The maximum Gasteiger partial charge on any atom is 0.243 e. The predicted octanol–water partition coefficient (Wildman–Crippen LogP) is 3.39. The topological polar surface area (TPSA) is 75.7 Å². The molecule has 2 aromatic carbocycles. The van der Waals surface area contributed by atoms with Crippen molar-refractivity contribution in [2.45, 2.75) is 25.8 Å². The Labute approximate surface area is 175 Å². The van der Waals surface area contributed by atoms with Gasteiger partial charge in [0.15, 0.2) is 0 Å². The summed E-state index contributed by atoms with van der Waals surface area (Å²) in [5.41, 5.74) is 1.14. The number of carbonyl (C=O) groups is 1. The molecule has 6 nitrogen and oxygen atoms in total. The van der Waals surface area contributed by atoms with E-state index in [1.165, 1.54) is 12.1 Å². The van der Waals surface area contributed by atoms with Gasteiger partial charge in [0, 0.05) is 6.54 Å². The Bertz CT molecular complexity index is 951. The van der Waals surface area contributed by atoms with Crippen LogP contribution in [0.4, 0.5) is 10.1 Å². The average molecular weight is 443 g/mol. The number of methoxy groups -OCH3 is 1. The second-order valence-electron chi connectivity index (χ2n) is 6.47. The van der Waals surface area contributed by atoms with Crippen LogP contribution in [0.15, 0.2) is 42.5 Å². The molecule has 0 aliphatic rings. The fourth-order valence-corrected chi connectivity index (χ4v) is 4.30. The molecule has 0 saturated heterocycles. The van der Waals surface area contributed by atoms with Gasteiger partial charge in [0.2, 0.25) is 15.9 Å². The summed E-state index contributed by atoms with van der Waals surface area (Å²) in [6.45, 7) is 2.04. The lowest BCUT2D eigenvalue weighted by molar-refractivity contribution is -0.122. The summed E-state index contributed by atoms with van der Waals surface area (Å²) in [7, 11) is -2.23. The molecule has 29 heavy (non-hydrogen) atoms. The van der Waals surface area contributed by atoms with Crippen LogP contribution in [0.2, 0.25) is 5.02 Å². The van der Waals surface area contributed by atoms with Gasteiger partial charge in [0.05, 0.1) is 24.1 Å². The number of rotatable bonds is 9. The van der Waals surface area contributed by atoms with Gasteiger partial charge in [-0.2, -0.15) is 0 Å². The molecule has 0 bridgehead atoms. The minimum Gasteiger partial charge on any atom is -0.497 e. The zero-order chi connectivity index (χ0) is 21.6. The molecular weight excluding hydrogens is 419 g/mol. The number of anilines is 1. The van der Waals surface area contributed by atoms with Gasteiger partial charge >= 0.3 is 0 Å². The molecule has 2 aromatic rings. The molecule has 1 atom stereocenters. The van der Waals surface area contributed by atoms with Crippen LogP contribution in [-0.4, -0.2) is 40.3 Å². The summed E-state index contributed by atoms with van der Waals surface area (Å²) < 4.78 is 44.3. The van der Waals surface area contributed by atoms with Gasteiger partial charge in [-0.05, 0) is 48.7 Å². The second-order valence-corrected chi connectivity index (χ2v) is 8.74. The minimum absolute atomic E-state index is 0.135. The van der Waals surface area contributed by atoms with Gasteiger partial charge in [0.25, 0.3) is 0 Å². The predicted molar refractivity (Wildman–Crippen MR) is 113 cm³/mol. The first-order valence-corrected chi connectivity index (χ1v) is 11.2. The molecule has 0 heterocycles. The normalized spacial score (nSPS) is 12.3. The van der Waals surface area contributed by atoms with E-state index >= 15 is 0 Å². The Kier molecular flexibility index (Phi) is 7.87. The molecule has 0 aromatic heterocycles. The molecule has 0 unspecified atom stereocenters. The summed E-state index contributed by atoms with van der Waals surface area (Å²) >= 11 is 5.80. The Morgan fingerprint density at radius 2 is 1.90 bits per heavy atom. The van der Waals surface area contributed by atoms with Gasteiger partial charge in [-0.3, -0.25) is 9.10 Å². The van der Waals surface area contributed by atoms with Gasteiger partial charge in [-0.15, -0.1) is 0 Å². The van der Waals surface area contributed by atoms with Crippen molar-refractivity contribution in [1.29, 1.82) is 0 Å². The number of carbonyl (C=O) groups excluding carboxylic acids is 1. The van der Waals surface area contributed by atoms with Crippen LogP contribution < -0.4 is 14.4 Å². The highest BCUT2D eigenvalue weighted by atomic mass is 35.5. The van der Waals surface area contributed by atoms with E-state index < -0.39 is 27.8 Å². The van der Waals surface area contributed by atoms with Crippen LogP contribution >= 0.6 is 11.6 Å². The second kappa shape index (κ2) is 9.93. The zero-order valence-electron chi connectivity index (χ0n) is 16.5. The molecule has 0 fully saturated rings. The first kappa shape index (κ1) is 23.0. The molecular formula is C20H24ClFN2O4S.